The number of hydrogen-bond acceptors (Lipinski definition) is 3. The lowest BCUT2D eigenvalue weighted by Gasteiger charge is -2.16. The number of aromatic nitrogens is 1. The second kappa shape index (κ2) is 9.13. The van der Waals surface area contributed by atoms with Crippen molar-refractivity contribution in [2.75, 3.05) is 10.5 Å². The van der Waals surface area contributed by atoms with Crippen LogP contribution >= 0.6 is 11.6 Å². The van der Waals surface area contributed by atoms with Crippen LogP contribution < -0.4 is 4.72 Å². The first-order valence-electron chi connectivity index (χ1n) is 10.2. The Morgan fingerprint density at radius 2 is 1.76 bits per heavy atom. The number of fused-ring (bicyclic) bond motifs is 1. The lowest BCUT2D eigenvalue weighted by atomic mass is 9.97. The third-order valence-corrected chi connectivity index (χ3v) is 7.05. The number of halogens is 3. The summed E-state index contributed by atoms with van der Waals surface area (Å²) >= 11 is 5.96. The number of aliphatic hydroxyl groups is 1. The summed E-state index contributed by atoms with van der Waals surface area (Å²) in [6.45, 7) is 1.67. The van der Waals surface area contributed by atoms with Crippen LogP contribution in [0.3, 0.4) is 0 Å². The Bertz CT molecular complexity index is 1420. The Kier molecular flexibility index (Phi) is 6.43. The molecule has 172 valence electrons. The Morgan fingerprint density at radius 1 is 1.06 bits per heavy atom. The molecule has 0 radical (unpaired) electrons. The molecule has 0 bridgehead atoms. The quantitative estimate of drug-likeness (QED) is 0.297. The maximum atomic E-state index is 15.2. The molecule has 33 heavy (non-hydrogen) atoms. The van der Waals surface area contributed by atoms with Gasteiger partial charge in [0.05, 0.1) is 17.0 Å². The molecular weight excluding hydrogens is 470 g/mol. The van der Waals surface area contributed by atoms with Gasteiger partial charge in [-0.2, -0.15) is 0 Å². The molecule has 0 saturated carbocycles. The predicted octanol–water partition coefficient (Wildman–Crippen LogP) is 6.00. The molecule has 3 N–H and O–H groups in total. The zero-order valence-corrected chi connectivity index (χ0v) is 19.1. The van der Waals surface area contributed by atoms with Gasteiger partial charge in [-0.1, -0.05) is 36.7 Å². The second-order valence-corrected chi connectivity index (χ2v) is 9.94. The fourth-order valence-corrected chi connectivity index (χ4v) is 4.99. The van der Waals surface area contributed by atoms with E-state index in [0.717, 1.165) is 23.3 Å². The Morgan fingerprint density at radius 3 is 2.45 bits per heavy atom. The molecule has 0 saturated heterocycles. The van der Waals surface area contributed by atoms with Crippen molar-refractivity contribution in [3.05, 3.63) is 88.6 Å². The van der Waals surface area contributed by atoms with Gasteiger partial charge in [0.1, 0.15) is 11.9 Å². The van der Waals surface area contributed by atoms with Crippen LogP contribution in [0.5, 0.6) is 0 Å². The summed E-state index contributed by atoms with van der Waals surface area (Å²) in [7, 11) is -3.80. The lowest BCUT2D eigenvalue weighted by molar-refractivity contribution is 0.211. The third-order valence-electron chi connectivity index (χ3n) is 5.32. The molecule has 0 amide bonds. The highest BCUT2D eigenvalue weighted by molar-refractivity contribution is 7.92. The normalized spacial score (nSPS) is 12.8. The number of H-pyrrole nitrogens is 1. The molecule has 4 rings (SSSR count). The zero-order valence-electron chi connectivity index (χ0n) is 17.6. The van der Waals surface area contributed by atoms with Gasteiger partial charge in [0.2, 0.25) is 10.0 Å². The number of benzene rings is 3. The minimum absolute atomic E-state index is 0.211. The van der Waals surface area contributed by atoms with Crippen LogP contribution in [0.25, 0.3) is 22.0 Å². The van der Waals surface area contributed by atoms with Gasteiger partial charge in [-0.15, -0.1) is 0 Å². The highest BCUT2D eigenvalue weighted by Crippen LogP contribution is 2.36. The molecule has 0 aliphatic heterocycles. The molecule has 5 nitrogen and oxygen atoms in total. The summed E-state index contributed by atoms with van der Waals surface area (Å²) in [4.78, 5) is 3.00. The number of rotatable bonds is 7. The maximum Gasteiger partial charge on any atom is 0.232 e. The molecule has 1 aromatic heterocycles. The van der Waals surface area contributed by atoms with Crippen LogP contribution in [-0.4, -0.2) is 24.3 Å². The number of nitrogens with one attached hydrogen (secondary N) is 2. The van der Waals surface area contributed by atoms with Crippen LogP contribution in [0.15, 0.2) is 60.8 Å². The van der Waals surface area contributed by atoms with Crippen molar-refractivity contribution in [1.29, 1.82) is 0 Å². The van der Waals surface area contributed by atoms with E-state index in [4.69, 9.17) is 11.6 Å². The van der Waals surface area contributed by atoms with E-state index in [2.05, 4.69) is 9.71 Å². The number of sulfonamides is 1. The van der Waals surface area contributed by atoms with E-state index in [9.17, 15) is 17.9 Å². The van der Waals surface area contributed by atoms with E-state index >= 15 is 4.39 Å². The molecule has 0 aliphatic rings. The highest BCUT2D eigenvalue weighted by Gasteiger charge is 2.26. The summed E-state index contributed by atoms with van der Waals surface area (Å²) < 4.78 is 56.1. The van der Waals surface area contributed by atoms with Crippen molar-refractivity contribution < 1.29 is 22.3 Å². The molecule has 0 fully saturated rings. The number of aromatic amines is 1. The van der Waals surface area contributed by atoms with Gasteiger partial charge >= 0.3 is 0 Å². The van der Waals surface area contributed by atoms with Crippen molar-refractivity contribution in [3.63, 3.8) is 0 Å². The van der Waals surface area contributed by atoms with Crippen molar-refractivity contribution in [2.45, 2.75) is 19.4 Å². The SMILES string of the molecule is CCCS(=O)(=O)Nc1ccc(F)c(C(O)c2c[nH]c3ccc(-c4ccc(Cl)cc4)cc23)c1F. The second-order valence-electron chi connectivity index (χ2n) is 7.66. The van der Waals surface area contributed by atoms with E-state index in [1.54, 1.807) is 31.2 Å². The predicted molar refractivity (Wildman–Crippen MR) is 127 cm³/mol. The highest BCUT2D eigenvalue weighted by atomic mass is 35.5. The minimum atomic E-state index is -3.80. The topological polar surface area (TPSA) is 82.2 Å². The van der Waals surface area contributed by atoms with E-state index in [-0.39, 0.29) is 11.3 Å². The Balaban J connectivity index is 1.77. The molecule has 0 spiro atoms. The molecule has 1 heterocycles. The van der Waals surface area contributed by atoms with E-state index < -0.39 is 39.0 Å². The van der Waals surface area contributed by atoms with Crippen molar-refractivity contribution in [1.82, 2.24) is 4.98 Å². The summed E-state index contributed by atoms with van der Waals surface area (Å²) in [6.07, 6.45) is 0.141. The molecular formula is C24H21ClF2N2O3S. The summed E-state index contributed by atoms with van der Waals surface area (Å²) in [5.74, 6) is -2.36. The van der Waals surface area contributed by atoms with Gasteiger partial charge in [-0.05, 0) is 53.9 Å². The largest absolute Gasteiger partial charge is 0.383 e. The molecule has 1 atom stereocenters. The summed E-state index contributed by atoms with van der Waals surface area (Å²) in [6, 6.07) is 14.6. The fraction of sp³-hybridized carbons (Fsp3) is 0.167. The first-order valence-corrected chi connectivity index (χ1v) is 12.3. The molecule has 1 unspecified atom stereocenters. The average Bonchev–Trinajstić information content (AvgIpc) is 3.19. The minimum Gasteiger partial charge on any atom is -0.383 e. The Labute approximate surface area is 195 Å². The van der Waals surface area contributed by atoms with Crippen LogP contribution in [0.2, 0.25) is 5.02 Å². The lowest BCUT2D eigenvalue weighted by Crippen LogP contribution is -2.18. The van der Waals surface area contributed by atoms with Crippen molar-refractivity contribution in [3.8, 4) is 11.1 Å². The molecule has 9 heteroatoms. The van der Waals surface area contributed by atoms with E-state index in [1.165, 1.54) is 6.20 Å². The van der Waals surface area contributed by atoms with Crippen LogP contribution in [0, 0.1) is 11.6 Å². The number of hydrogen-bond donors (Lipinski definition) is 3. The molecule has 4 aromatic rings. The fourth-order valence-electron chi connectivity index (χ4n) is 3.73. The van der Waals surface area contributed by atoms with E-state index in [0.29, 0.717) is 22.3 Å². The monoisotopic (exact) mass is 490 g/mol. The Hall–Kier alpha value is -2.94. The standard InChI is InChI=1S/C24H21ClF2N2O3S/c1-2-11-33(31,32)29-21-10-8-19(26)22(23(21)27)24(30)18-13-28-20-9-5-15(12-17(18)20)14-3-6-16(25)7-4-14/h3-10,12-13,24,28-30H,2,11H2,1H3. The average molecular weight is 491 g/mol. The van der Waals surface area contributed by atoms with E-state index in [1.807, 2.05) is 18.2 Å². The first-order chi connectivity index (χ1) is 15.7. The maximum absolute atomic E-state index is 15.2. The van der Waals surface area contributed by atoms with Gasteiger partial charge in [0, 0.05) is 27.7 Å². The number of aliphatic hydroxyl groups excluding tert-OH is 1. The van der Waals surface area contributed by atoms with Gasteiger partial charge in [-0.3, -0.25) is 4.72 Å². The van der Waals surface area contributed by atoms with Crippen LogP contribution in [0.1, 0.15) is 30.6 Å². The van der Waals surface area contributed by atoms with Gasteiger partial charge in [0.15, 0.2) is 5.82 Å². The smallest absolute Gasteiger partial charge is 0.232 e. The van der Waals surface area contributed by atoms with Crippen LogP contribution in [0.4, 0.5) is 14.5 Å². The zero-order chi connectivity index (χ0) is 23.8. The van der Waals surface area contributed by atoms with Crippen LogP contribution in [-0.2, 0) is 10.0 Å². The van der Waals surface area contributed by atoms with Gasteiger partial charge < -0.3 is 10.1 Å². The molecule has 0 aliphatic carbocycles. The van der Waals surface area contributed by atoms with Crippen molar-refractivity contribution in [2.24, 2.45) is 0 Å². The first kappa shape index (κ1) is 23.2. The van der Waals surface area contributed by atoms with Crippen molar-refractivity contribution >= 4 is 38.2 Å². The number of anilines is 1. The molecule has 3 aromatic carbocycles. The van der Waals surface area contributed by atoms with Gasteiger partial charge in [0.25, 0.3) is 0 Å². The van der Waals surface area contributed by atoms with Gasteiger partial charge in [-0.25, -0.2) is 17.2 Å². The third kappa shape index (κ3) is 4.73. The summed E-state index contributed by atoms with van der Waals surface area (Å²) in [5.41, 5.74) is 1.58. The summed E-state index contributed by atoms with van der Waals surface area (Å²) in [5, 5.41) is 12.1.